The molecule has 0 aliphatic rings. The van der Waals surface area contributed by atoms with E-state index < -0.39 is 12.0 Å². The van der Waals surface area contributed by atoms with Gasteiger partial charge in [0.2, 0.25) is 11.8 Å². The molecule has 8 nitrogen and oxygen atoms in total. The number of benzene rings is 1. The van der Waals surface area contributed by atoms with Crippen LogP contribution in [0.2, 0.25) is 0 Å². The van der Waals surface area contributed by atoms with Gasteiger partial charge in [-0.1, -0.05) is 45.9 Å². The predicted molar refractivity (Wildman–Crippen MR) is 133 cm³/mol. The van der Waals surface area contributed by atoms with E-state index in [0.29, 0.717) is 24.6 Å². The maximum atomic E-state index is 12.7. The van der Waals surface area contributed by atoms with E-state index in [-0.39, 0.29) is 36.4 Å². The highest BCUT2D eigenvalue weighted by molar-refractivity contribution is 5.86. The molecule has 0 radical (unpaired) electrons. The van der Waals surface area contributed by atoms with E-state index in [1.165, 1.54) is 7.11 Å². The molecule has 0 spiro atoms. The molecule has 0 saturated carbocycles. The maximum Gasteiger partial charge on any atom is 0.334 e. The summed E-state index contributed by atoms with van der Waals surface area (Å²) in [5.74, 6) is 0.111. The van der Waals surface area contributed by atoms with Crippen molar-refractivity contribution in [2.24, 2.45) is 17.6 Å². The number of hydrogen-bond donors (Lipinski definition) is 3. The van der Waals surface area contributed by atoms with Gasteiger partial charge in [0, 0.05) is 25.9 Å². The molecule has 1 aromatic carbocycles. The Bertz CT molecular complexity index is 821. The first kappa shape index (κ1) is 29.2. The van der Waals surface area contributed by atoms with Crippen molar-refractivity contribution in [3.63, 3.8) is 0 Å². The highest BCUT2D eigenvalue weighted by Crippen LogP contribution is 2.29. The SMILES string of the molecule is COc1cc(CNC(=O)CCCC/C=C/C(C)C)ccc1OC(=O)[C@@H](NC(=O)CCN)C(C)C. The van der Waals surface area contributed by atoms with E-state index in [2.05, 4.69) is 36.6 Å². The number of carbonyl (C=O) groups is 3. The Morgan fingerprint density at radius 3 is 2.38 bits per heavy atom. The third-order valence-corrected chi connectivity index (χ3v) is 5.08. The second-order valence-corrected chi connectivity index (χ2v) is 8.93. The van der Waals surface area contributed by atoms with Gasteiger partial charge in [-0.3, -0.25) is 9.59 Å². The molecule has 2 amide bonds. The largest absolute Gasteiger partial charge is 0.493 e. The summed E-state index contributed by atoms with van der Waals surface area (Å²) in [6, 6.07) is 4.30. The molecular formula is C26H41N3O5. The number of carbonyl (C=O) groups excluding carboxylic acids is 3. The molecule has 0 unspecified atom stereocenters. The van der Waals surface area contributed by atoms with Crippen molar-refractivity contribution in [3.8, 4) is 11.5 Å². The minimum Gasteiger partial charge on any atom is -0.493 e. The molecule has 0 saturated heterocycles. The van der Waals surface area contributed by atoms with Gasteiger partial charge in [-0.05, 0) is 48.8 Å². The van der Waals surface area contributed by atoms with Crippen LogP contribution in [0.4, 0.5) is 0 Å². The minimum absolute atomic E-state index is 0.00435. The summed E-state index contributed by atoms with van der Waals surface area (Å²) >= 11 is 0. The number of allylic oxidation sites excluding steroid dienone is 2. The van der Waals surface area contributed by atoms with Crippen LogP contribution < -0.4 is 25.8 Å². The summed E-state index contributed by atoms with van der Waals surface area (Å²) in [6.07, 6.45) is 7.76. The summed E-state index contributed by atoms with van der Waals surface area (Å²) in [7, 11) is 1.48. The van der Waals surface area contributed by atoms with Crippen molar-refractivity contribution >= 4 is 17.8 Å². The maximum absolute atomic E-state index is 12.7. The third kappa shape index (κ3) is 11.3. The molecular weight excluding hydrogens is 434 g/mol. The lowest BCUT2D eigenvalue weighted by atomic mass is 10.0. The molecule has 34 heavy (non-hydrogen) atoms. The van der Waals surface area contributed by atoms with Crippen LogP contribution in [0.25, 0.3) is 0 Å². The zero-order valence-electron chi connectivity index (χ0n) is 21.2. The first-order valence-electron chi connectivity index (χ1n) is 12.0. The lowest BCUT2D eigenvalue weighted by Gasteiger charge is -2.21. The van der Waals surface area contributed by atoms with Crippen molar-refractivity contribution in [3.05, 3.63) is 35.9 Å². The fourth-order valence-electron chi connectivity index (χ4n) is 3.16. The van der Waals surface area contributed by atoms with Gasteiger partial charge in [0.25, 0.3) is 0 Å². The third-order valence-electron chi connectivity index (χ3n) is 5.08. The van der Waals surface area contributed by atoms with Crippen LogP contribution in [0.1, 0.15) is 65.4 Å². The average molecular weight is 476 g/mol. The smallest absolute Gasteiger partial charge is 0.334 e. The number of esters is 1. The van der Waals surface area contributed by atoms with Gasteiger partial charge in [-0.2, -0.15) is 0 Å². The number of unbranched alkanes of at least 4 members (excludes halogenated alkanes) is 2. The Hall–Kier alpha value is -2.87. The number of hydrogen-bond acceptors (Lipinski definition) is 6. The summed E-state index contributed by atoms with van der Waals surface area (Å²) in [6.45, 7) is 8.47. The van der Waals surface area contributed by atoms with Gasteiger partial charge >= 0.3 is 5.97 Å². The zero-order chi connectivity index (χ0) is 25.5. The fourth-order valence-corrected chi connectivity index (χ4v) is 3.16. The van der Waals surface area contributed by atoms with E-state index in [9.17, 15) is 14.4 Å². The summed E-state index contributed by atoms with van der Waals surface area (Å²) in [4.78, 5) is 36.7. The monoisotopic (exact) mass is 475 g/mol. The second kappa shape index (κ2) is 15.9. The highest BCUT2D eigenvalue weighted by atomic mass is 16.6. The number of rotatable bonds is 15. The Kier molecular flexibility index (Phi) is 13.6. The molecule has 0 aromatic heterocycles. The van der Waals surface area contributed by atoms with Crippen LogP contribution in [0.3, 0.4) is 0 Å². The summed E-state index contributed by atoms with van der Waals surface area (Å²) < 4.78 is 10.9. The van der Waals surface area contributed by atoms with Gasteiger partial charge in [-0.15, -0.1) is 0 Å². The molecule has 0 fully saturated rings. The van der Waals surface area contributed by atoms with Gasteiger partial charge < -0.3 is 25.8 Å². The van der Waals surface area contributed by atoms with E-state index in [0.717, 1.165) is 24.8 Å². The van der Waals surface area contributed by atoms with Crippen LogP contribution in [-0.4, -0.2) is 37.5 Å². The minimum atomic E-state index is -0.802. The Labute approximate surface area is 203 Å². The molecule has 1 atom stereocenters. The van der Waals surface area contributed by atoms with Gasteiger partial charge in [0.1, 0.15) is 6.04 Å². The number of nitrogens with two attached hydrogens (primary N) is 1. The molecule has 0 aliphatic carbocycles. The Balaban J connectivity index is 2.62. The standard InChI is InChI=1S/C26H41N3O5/c1-18(2)10-8-6-7-9-11-23(30)28-17-20-12-13-21(22(16-20)33-5)34-26(32)25(19(3)4)29-24(31)14-15-27/h8,10,12-13,16,18-19,25H,6-7,9,11,14-15,17,27H2,1-5H3,(H,28,30)(H,29,31)/b10-8+/t25-/m0/s1. The summed E-state index contributed by atoms with van der Waals surface area (Å²) in [5, 5.41) is 5.57. The molecule has 0 bridgehead atoms. The lowest BCUT2D eigenvalue weighted by Crippen LogP contribution is -2.46. The van der Waals surface area contributed by atoms with Crippen molar-refractivity contribution in [2.75, 3.05) is 13.7 Å². The van der Waals surface area contributed by atoms with Crippen molar-refractivity contribution in [1.29, 1.82) is 0 Å². The quantitative estimate of drug-likeness (QED) is 0.155. The number of ether oxygens (including phenoxy) is 2. The molecule has 4 N–H and O–H groups in total. The predicted octanol–water partition coefficient (Wildman–Crippen LogP) is 3.48. The van der Waals surface area contributed by atoms with Crippen molar-refractivity contribution in [2.45, 2.75) is 72.4 Å². The van der Waals surface area contributed by atoms with E-state index in [1.807, 2.05) is 13.8 Å². The second-order valence-electron chi connectivity index (χ2n) is 8.93. The van der Waals surface area contributed by atoms with Gasteiger partial charge in [-0.25, -0.2) is 4.79 Å². The Morgan fingerprint density at radius 2 is 1.76 bits per heavy atom. The van der Waals surface area contributed by atoms with E-state index in [4.69, 9.17) is 15.2 Å². The van der Waals surface area contributed by atoms with E-state index >= 15 is 0 Å². The molecule has 190 valence electrons. The van der Waals surface area contributed by atoms with Gasteiger partial charge in [0.05, 0.1) is 7.11 Å². The van der Waals surface area contributed by atoms with Crippen molar-refractivity contribution in [1.82, 2.24) is 10.6 Å². The number of nitrogens with one attached hydrogen (secondary N) is 2. The number of methoxy groups -OCH3 is 1. The van der Waals surface area contributed by atoms with E-state index in [1.54, 1.807) is 18.2 Å². The van der Waals surface area contributed by atoms with Crippen molar-refractivity contribution < 1.29 is 23.9 Å². The first-order valence-corrected chi connectivity index (χ1v) is 12.0. The molecule has 8 heteroatoms. The normalized spacial score (nSPS) is 12.1. The molecule has 0 heterocycles. The molecule has 0 aliphatic heterocycles. The first-order chi connectivity index (χ1) is 16.2. The Morgan fingerprint density at radius 1 is 1.03 bits per heavy atom. The molecule has 1 aromatic rings. The molecule has 1 rings (SSSR count). The lowest BCUT2D eigenvalue weighted by molar-refractivity contribution is -0.140. The van der Waals surface area contributed by atoms with Crippen LogP contribution in [-0.2, 0) is 20.9 Å². The van der Waals surface area contributed by atoms with Crippen LogP contribution >= 0.6 is 0 Å². The fraction of sp³-hybridized carbons (Fsp3) is 0.577. The van der Waals surface area contributed by atoms with Crippen LogP contribution in [0, 0.1) is 11.8 Å². The summed E-state index contributed by atoms with van der Waals surface area (Å²) in [5.41, 5.74) is 6.23. The number of amides is 2. The van der Waals surface area contributed by atoms with Crippen LogP contribution in [0.5, 0.6) is 11.5 Å². The van der Waals surface area contributed by atoms with Crippen LogP contribution in [0.15, 0.2) is 30.4 Å². The zero-order valence-corrected chi connectivity index (χ0v) is 21.2. The average Bonchev–Trinajstić information content (AvgIpc) is 2.78. The highest BCUT2D eigenvalue weighted by Gasteiger charge is 2.27. The van der Waals surface area contributed by atoms with Gasteiger partial charge in [0.15, 0.2) is 11.5 Å². The topological polar surface area (TPSA) is 120 Å².